The average molecular weight is 732 g/mol. The largest absolute Gasteiger partial charge is 0.481 e. The Morgan fingerprint density at radius 3 is 1.15 bits per heavy atom. The molecule has 0 fully saturated rings. The van der Waals surface area contributed by atoms with E-state index in [4.69, 9.17) is 10.2 Å². The summed E-state index contributed by atoms with van der Waals surface area (Å²) in [4.78, 5) is 33.4. The van der Waals surface area contributed by atoms with Crippen LogP contribution >= 0.6 is 0 Å². The van der Waals surface area contributed by atoms with Crippen molar-refractivity contribution in [3.63, 3.8) is 0 Å². The number of aliphatic carboxylic acids is 2. The SMILES string of the molecule is O=C(O)CC(CC(=O)CCCCCCCCCCCC(F)(F)C(F)(F)C(F)(F)C(F)(F)C(F)(F)C(F)(F)C(F)(F)C(F)(F)F)C(=O)O. The number of ketones is 1. The van der Waals surface area contributed by atoms with Crippen molar-refractivity contribution in [1.82, 2.24) is 0 Å². The predicted octanol–water partition coefficient (Wildman–Crippen LogP) is 9.42. The molecule has 1 unspecified atom stereocenters. The summed E-state index contributed by atoms with van der Waals surface area (Å²) >= 11 is 0. The Morgan fingerprint density at radius 1 is 0.447 bits per heavy atom. The molecule has 5 nitrogen and oxygen atoms in total. The summed E-state index contributed by atoms with van der Waals surface area (Å²) in [6, 6.07) is 0. The Labute approximate surface area is 254 Å². The van der Waals surface area contributed by atoms with E-state index in [1.165, 1.54) is 0 Å². The van der Waals surface area contributed by atoms with E-state index >= 15 is 0 Å². The summed E-state index contributed by atoms with van der Waals surface area (Å²) in [5, 5.41) is 17.5. The van der Waals surface area contributed by atoms with E-state index in [0.717, 1.165) is 0 Å². The minimum atomic E-state index is -8.64. The fraction of sp³-hybridized carbons (Fsp3) is 0.880. The maximum Gasteiger partial charge on any atom is 0.460 e. The molecule has 0 saturated heterocycles. The quantitative estimate of drug-likeness (QED) is 0.0807. The summed E-state index contributed by atoms with van der Waals surface area (Å²) < 4.78 is 226. The van der Waals surface area contributed by atoms with Crippen molar-refractivity contribution >= 4 is 17.7 Å². The van der Waals surface area contributed by atoms with Gasteiger partial charge in [-0.25, -0.2) is 0 Å². The zero-order valence-electron chi connectivity index (χ0n) is 23.8. The van der Waals surface area contributed by atoms with Crippen molar-refractivity contribution in [3.8, 4) is 0 Å². The molecular formula is C25H29F17O5. The van der Waals surface area contributed by atoms with E-state index in [1.807, 2.05) is 0 Å². The zero-order chi connectivity index (χ0) is 37.5. The summed E-state index contributed by atoms with van der Waals surface area (Å²) in [6.07, 6.45) is -11.0. The molecule has 278 valence electrons. The highest BCUT2D eigenvalue weighted by atomic mass is 19.4. The van der Waals surface area contributed by atoms with E-state index in [0.29, 0.717) is 32.1 Å². The van der Waals surface area contributed by atoms with E-state index in [9.17, 15) is 89.0 Å². The molecule has 0 aromatic carbocycles. The lowest BCUT2D eigenvalue weighted by Gasteiger charge is -2.42. The number of carbonyl (C=O) groups is 3. The second kappa shape index (κ2) is 15.8. The molecule has 0 aliphatic carbocycles. The predicted molar refractivity (Wildman–Crippen MR) is 124 cm³/mol. The molecule has 0 amide bonds. The highest BCUT2D eigenvalue weighted by Gasteiger charge is 2.95. The van der Waals surface area contributed by atoms with Crippen LogP contribution in [0.2, 0.25) is 0 Å². The van der Waals surface area contributed by atoms with Gasteiger partial charge in [-0.2, -0.15) is 74.6 Å². The zero-order valence-corrected chi connectivity index (χ0v) is 23.8. The number of Topliss-reactive ketones (excluding diaryl/α,β-unsaturated/α-hetero) is 1. The molecule has 0 aliphatic rings. The molecule has 2 N–H and O–H groups in total. The van der Waals surface area contributed by atoms with Crippen LogP contribution in [0.25, 0.3) is 0 Å². The highest BCUT2D eigenvalue weighted by Crippen LogP contribution is 2.64. The number of carboxylic acids is 2. The number of unbranched alkanes of at least 4 members (excludes halogenated alkanes) is 8. The maximum absolute atomic E-state index is 13.9. The molecule has 22 heteroatoms. The summed E-state index contributed by atoms with van der Waals surface area (Å²) in [5.74, 6) is -61.0. The lowest BCUT2D eigenvalue weighted by Crippen LogP contribution is -2.74. The number of hydrogen-bond donors (Lipinski definition) is 2. The molecule has 1 atom stereocenters. The minimum absolute atomic E-state index is 0.0483. The number of hydrogen-bond acceptors (Lipinski definition) is 3. The third-order valence-corrected chi connectivity index (χ3v) is 6.98. The molecule has 0 spiro atoms. The van der Waals surface area contributed by atoms with Crippen LogP contribution in [-0.2, 0) is 14.4 Å². The van der Waals surface area contributed by atoms with Gasteiger partial charge in [0.25, 0.3) is 0 Å². The van der Waals surface area contributed by atoms with Gasteiger partial charge in [-0.1, -0.05) is 44.9 Å². The molecular weight excluding hydrogens is 703 g/mol. The second-order valence-corrected chi connectivity index (χ2v) is 10.7. The maximum atomic E-state index is 13.9. The summed E-state index contributed by atoms with van der Waals surface area (Å²) in [6.45, 7) is 0. The Bertz CT molecular complexity index is 1060. The van der Waals surface area contributed by atoms with Crippen LogP contribution in [0.15, 0.2) is 0 Å². The van der Waals surface area contributed by atoms with Crippen molar-refractivity contribution in [3.05, 3.63) is 0 Å². The summed E-state index contributed by atoms with van der Waals surface area (Å²) in [7, 11) is 0. The average Bonchev–Trinajstić information content (AvgIpc) is 2.89. The Hall–Kier alpha value is -2.58. The molecule has 0 aromatic heterocycles. The van der Waals surface area contributed by atoms with Gasteiger partial charge in [-0.05, 0) is 12.8 Å². The molecule has 0 heterocycles. The van der Waals surface area contributed by atoms with Gasteiger partial charge in [0, 0.05) is 19.3 Å². The third-order valence-electron chi connectivity index (χ3n) is 6.98. The molecule has 0 radical (unpaired) electrons. The minimum Gasteiger partial charge on any atom is -0.481 e. The van der Waals surface area contributed by atoms with Crippen molar-refractivity contribution in [2.24, 2.45) is 5.92 Å². The van der Waals surface area contributed by atoms with E-state index in [-0.39, 0.29) is 19.3 Å². The fourth-order valence-corrected chi connectivity index (χ4v) is 4.09. The number of carboxylic acid groups (broad SMARTS) is 2. The summed E-state index contributed by atoms with van der Waals surface area (Å²) in [5.41, 5.74) is 0. The van der Waals surface area contributed by atoms with Gasteiger partial charge in [-0.15, -0.1) is 0 Å². The molecule has 0 aromatic rings. The lowest BCUT2D eigenvalue weighted by molar-refractivity contribution is -0.461. The lowest BCUT2D eigenvalue weighted by atomic mass is 9.87. The van der Waals surface area contributed by atoms with Crippen LogP contribution < -0.4 is 0 Å². The van der Waals surface area contributed by atoms with E-state index in [1.54, 1.807) is 0 Å². The molecule has 47 heavy (non-hydrogen) atoms. The van der Waals surface area contributed by atoms with Crippen molar-refractivity contribution < 1.29 is 99.2 Å². The number of rotatable bonds is 23. The number of halogens is 17. The number of carbonyl (C=O) groups excluding carboxylic acids is 1. The van der Waals surface area contributed by atoms with Crippen molar-refractivity contribution in [1.29, 1.82) is 0 Å². The van der Waals surface area contributed by atoms with Gasteiger partial charge in [0.2, 0.25) is 0 Å². The van der Waals surface area contributed by atoms with E-state index < -0.39 is 103 Å². The topological polar surface area (TPSA) is 91.7 Å². The Balaban J connectivity index is 4.94. The van der Waals surface area contributed by atoms with Crippen LogP contribution in [0.5, 0.6) is 0 Å². The van der Waals surface area contributed by atoms with Gasteiger partial charge in [0.1, 0.15) is 5.78 Å². The normalized spacial score (nSPS) is 15.1. The van der Waals surface area contributed by atoms with Gasteiger partial charge in [0.05, 0.1) is 12.3 Å². The van der Waals surface area contributed by atoms with Gasteiger partial charge in [-0.3, -0.25) is 14.4 Å². The van der Waals surface area contributed by atoms with Crippen LogP contribution in [0.3, 0.4) is 0 Å². The van der Waals surface area contributed by atoms with Crippen LogP contribution in [0, 0.1) is 5.92 Å². The van der Waals surface area contributed by atoms with Gasteiger partial charge in [0.15, 0.2) is 0 Å². The fourth-order valence-electron chi connectivity index (χ4n) is 4.09. The third kappa shape index (κ3) is 9.75. The second-order valence-electron chi connectivity index (χ2n) is 10.7. The van der Waals surface area contributed by atoms with Crippen molar-refractivity contribution in [2.75, 3.05) is 0 Å². The Morgan fingerprint density at radius 2 is 0.787 bits per heavy atom. The van der Waals surface area contributed by atoms with E-state index in [2.05, 4.69) is 0 Å². The molecule has 0 aliphatic heterocycles. The van der Waals surface area contributed by atoms with Crippen LogP contribution in [0.1, 0.15) is 83.5 Å². The molecule has 0 bridgehead atoms. The van der Waals surface area contributed by atoms with Gasteiger partial charge >= 0.3 is 59.6 Å². The first-order valence-corrected chi connectivity index (χ1v) is 13.5. The first-order chi connectivity index (χ1) is 20.9. The number of alkyl halides is 17. The van der Waals surface area contributed by atoms with Crippen LogP contribution in [-0.4, -0.2) is 75.6 Å². The first-order valence-electron chi connectivity index (χ1n) is 13.5. The Kier molecular flexibility index (Phi) is 14.9. The van der Waals surface area contributed by atoms with Crippen molar-refractivity contribution in [2.45, 2.75) is 131 Å². The first kappa shape index (κ1) is 44.4. The standard InChI is InChI=1S/C25H29F17O5/c26-18(27,11-9-7-5-3-1-2-4-6-8-10-15(43)12-14(17(46)47)13-16(44)45)19(28,29)20(30,31)21(32,33)22(34,35)23(36,37)24(38,39)25(40,41)42/h14H,1-13H2,(H,44,45)(H,46,47). The smallest absolute Gasteiger partial charge is 0.460 e. The monoisotopic (exact) mass is 732 g/mol. The van der Waals surface area contributed by atoms with Crippen LogP contribution in [0.4, 0.5) is 74.6 Å². The molecule has 0 rings (SSSR count). The van der Waals surface area contributed by atoms with Gasteiger partial charge < -0.3 is 10.2 Å². The molecule has 0 saturated carbocycles. The highest BCUT2D eigenvalue weighted by molar-refractivity contribution is 5.86.